The molecule has 0 rings (SSSR count). The van der Waals surface area contributed by atoms with Crippen molar-refractivity contribution in [3.8, 4) is 0 Å². The van der Waals surface area contributed by atoms with Gasteiger partial charge < -0.3 is 0 Å². The summed E-state index contributed by atoms with van der Waals surface area (Å²) in [4.78, 5) is 0. The zero-order valence-electron chi connectivity index (χ0n) is 17.8. The van der Waals surface area contributed by atoms with Gasteiger partial charge >= 0.3 is 63.4 Å². The van der Waals surface area contributed by atoms with Gasteiger partial charge in [0.15, 0.2) is 0 Å². The first kappa shape index (κ1) is 37.5. The molecule has 0 saturated carbocycles. The predicted molar refractivity (Wildman–Crippen MR) is 83.9 cm³/mol. The van der Waals surface area contributed by atoms with Crippen LogP contribution in [-0.2, 0) is 29.5 Å². The summed E-state index contributed by atoms with van der Waals surface area (Å²) in [5, 5.41) is 0. The predicted octanol–water partition coefficient (Wildman–Crippen LogP) is 4.81. The van der Waals surface area contributed by atoms with Crippen LogP contribution in [0.4, 0.5) is 79.0 Å². The van der Waals surface area contributed by atoms with Gasteiger partial charge in [0.2, 0.25) is 10.0 Å². The molecule has 0 aliphatic carbocycles. The summed E-state index contributed by atoms with van der Waals surface area (Å²) < 4.78 is 284. The summed E-state index contributed by atoms with van der Waals surface area (Å²) >= 11 is 0. The molecule has 0 bridgehead atoms. The molecule has 236 valence electrons. The lowest BCUT2D eigenvalue weighted by Crippen LogP contribution is -2.68. The van der Waals surface area contributed by atoms with Gasteiger partial charge in [-0.25, -0.2) is 30.4 Å². The van der Waals surface area contributed by atoms with Crippen molar-refractivity contribution in [3.05, 3.63) is 0 Å². The van der Waals surface area contributed by atoms with Gasteiger partial charge in [-0.05, 0) is 0 Å². The average molecular weight is 669 g/mol. The smallest absolute Gasteiger partial charge is 0.265 e. The molecular weight excluding hydrogens is 660 g/mol. The number of rotatable bonds is 13. The molecule has 1 N–H and O–H groups in total. The monoisotopic (exact) mass is 669 g/mol. The zero-order valence-corrected chi connectivity index (χ0v) is 19.4. The lowest BCUT2D eigenvalue weighted by molar-refractivity contribution is -0.542. The van der Waals surface area contributed by atoms with Crippen LogP contribution in [0, 0.1) is 0 Å². The molecule has 0 aromatic heterocycles. The largest absolute Gasteiger partial charge is 0.512 e. The Kier molecular flexibility index (Phi) is 9.44. The minimum Gasteiger partial charge on any atom is -0.265 e. The number of sulfonamides is 2. The summed E-state index contributed by atoms with van der Waals surface area (Å²) in [5.74, 6) is -38.0. The van der Waals surface area contributed by atoms with E-state index >= 15 is 0 Å². The molecule has 7 nitrogen and oxygen atoms in total. The molecule has 0 aliphatic rings. The third-order valence-corrected chi connectivity index (χ3v) is 6.97. The van der Waals surface area contributed by atoms with E-state index in [1.807, 2.05) is 0 Å². The molecule has 39 heavy (non-hydrogen) atoms. The number of alkyl halides is 18. The van der Waals surface area contributed by atoms with E-state index in [0.29, 0.717) is 0 Å². The topological polar surface area (TPSA) is 98.8 Å². The first-order valence-electron chi connectivity index (χ1n) is 8.39. The molecule has 0 amide bonds. The van der Waals surface area contributed by atoms with Gasteiger partial charge in [0.05, 0.1) is 0 Å². The van der Waals surface area contributed by atoms with Crippen molar-refractivity contribution in [2.24, 2.45) is 0 Å². The number of hydrogen-bond donors (Lipinski definition) is 1. The maximum Gasteiger partial charge on any atom is 0.512 e. The molecule has 27 heteroatoms. The summed E-state index contributed by atoms with van der Waals surface area (Å²) in [6, 6.07) is 0. The Bertz CT molecular complexity index is 1110. The molecule has 0 aromatic rings. The van der Waals surface area contributed by atoms with E-state index < -0.39 is 97.2 Å². The highest BCUT2D eigenvalue weighted by atomic mass is 32.3. The highest BCUT2D eigenvalue weighted by Crippen LogP contribution is 2.56. The van der Waals surface area contributed by atoms with Crippen molar-refractivity contribution >= 4 is 20.0 Å². The number of hydrogen-bond acceptors (Lipinski definition) is 6. The van der Waals surface area contributed by atoms with Crippen LogP contribution in [0.2, 0.25) is 0 Å². The van der Waals surface area contributed by atoms with Crippen molar-refractivity contribution in [2.45, 2.75) is 67.2 Å². The van der Waals surface area contributed by atoms with Gasteiger partial charge in [0, 0.05) is 13.8 Å². The number of halogens is 18. The molecule has 0 heterocycles. The van der Waals surface area contributed by atoms with E-state index in [-0.39, 0.29) is 0 Å². The highest BCUT2D eigenvalue weighted by molar-refractivity contribution is 8.05. The Morgan fingerprint density at radius 1 is 0.564 bits per heavy atom. The maximum atomic E-state index is 14.1. The second-order valence-electron chi connectivity index (χ2n) is 7.20. The van der Waals surface area contributed by atoms with Crippen LogP contribution in [0.3, 0.4) is 0 Å². The van der Waals surface area contributed by atoms with Crippen molar-refractivity contribution in [1.82, 2.24) is 4.13 Å². The van der Waals surface area contributed by atoms with Crippen molar-refractivity contribution in [1.29, 1.82) is 0 Å². The Hall–Kier alpha value is -1.48. The molecule has 0 fully saturated rings. The molecule has 0 spiro atoms. The fourth-order valence-electron chi connectivity index (χ4n) is 1.81. The van der Waals surface area contributed by atoms with E-state index in [2.05, 4.69) is 0 Å². The SMILES string of the molecule is CC(F)(F)C(F)(F)C(F)(OC(F)(F)C(F)(F)OC(F)(F)C(F)(F)CS(=O)(=O)NS(=O)(=O)C(F)(F)F)C(C)(F)F. The highest BCUT2D eigenvalue weighted by Gasteiger charge is 2.82. The molecule has 1 unspecified atom stereocenters. The summed E-state index contributed by atoms with van der Waals surface area (Å²) in [7, 11) is -14.1. The van der Waals surface area contributed by atoms with Crippen LogP contribution in [0.25, 0.3) is 0 Å². The van der Waals surface area contributed by atoms with Crippen LogP contribution < -0.4 is 4.13 Å². The molecule has 0 aliphatic heterocycles. The molecule has 0 saturated heterocycles. The van der Waals surface area contributed by atoms with Crippen LogP contribution in [-0.4, -0.2) is 76.0 Å². The third-order valence-electron chi connectivity index (χ3n) is 3.72. The van der Waals surface area contributed by atoms with Gasteiger partial charge in [-0.1, -0.05) is 0 Å². The second-order valence-corrected chi connectivity index (χ2v) is 10.9. The number of nitrogens with one attached hydrogen (secondary N) is 1. The van der Waals surface area contributed by atoms with Crippen LogP contribution >= 0.6 is 0 Å². The lowest BCUT2D eigenvalue weighted by Gasteiger charge is -2.42. The first-order valence-corrected chi connectivity index (χ1v) is 11.5. The summed E-state index contributed by atoms with van der Waals surface area (Å²) in [6.45, 7) is -2.40. The Morgan fingerprint density at radius 2 is 0.923 bits per heavy atom. The number of ether oxygens (including phenoxy) is 2. The van der Waals surface area contributed by atoms with Crippen molar-refractivity contribution in [2.75, 3.05) is 5.75 Å². The van der Waals surface area contributed by atoms with Crippen molar-refractivity contribution < 1.29 is 105 Å². The van der Waals surface area contributed by atoms with Gasteiger partial charge in [-0.15, -0.1) is 4.13 Å². The average Bonchev–Trinajstić information content (AvgIpc) is 2.54. The van der Waals surface area contributed by atoms with Gasteiger partial charge in [0.1, 0.15) is 5.75 Å². The van der Waals surface area contributed by atoms with E-state index in [0.717, 1.165) is 0 Å². The molecule has 0 radical (unpaired) electrons. The van der Waals surface area contributed by atoms with E-state index in [9.17, 15) is 95.9 Å². The fraction of sp³-hybridized carbons (Fsp3) is 1.00. The summed E-state index contributed by atoms with van der Waals surface area (Å²) in [6.07, 6.45) is -23.0. The second kappa shape index (κ2) is 9.81. The zero-order chi connectivity index (χ0) is 32.3. The lowest BCUT2D eigenvalue weighted by atomic mass is 9.99. The Balaban J connectivity index is 6.42. The third kappa shape index (κ3) is 7.43. The molecule has 1 atom stereocenters. The van der Waals surface area contributed by atoms with Gasteiger partial charge in [0.25, 0.3) is 0 Å². The van der Waals surface area contributed by atoms with Crippen molar-refractivity contribution in [3.63, 3.8) is 0 Å². The normalized spacial score (nSPS) is 17.7. The van der Waals surface area contributed by atoms with E-state index in [1.54, 1.807) is 9.47 Å². The minimum atomic E-state index is -7.76. The Morgan fingerprint density at radius 3 is 1.23 bits per heavy atom. The van der Waals surface area contributed by atoms with E-state index in [4.69, 9.17) is 0 Å². The standard InChI is InChI=1S/C12H9F18NO6S2/c1-4(13,14)7(19,20)8(21,5(2,15)16)36-10(24,25)11(26,27)37-9(22,23)6(17,18)3-38(32,33)31-39(34,35)12(28,29)30/h31H,3H2,1-2H3. The van der Waals surface area contributed by atoms with Crippen LogP contribution in [0.1, 0.15) is 13.8 Å². The van der Waals surface area contributed by atoms with Crippen LogP contribution in [0.5, 0.6) is 0 Å². The molecular formula is C12H9F18NO6S2. The summed E-state index contributed by atoms with van der Waals surface area (Å²) in [5.41, 5.74) is -6.63. The molecule has 0 aromatic carbocycles. The van der Waals surface area contributed by atoms with Crippen LogP contribution in [0.15, 0.2) is 0 Å². The fourth-order valence-corrected chi connectivity index (χ4v) is 4.41. The Labute approximate surface area is 203 Å². The van der Waals surface area contributed by atoms with Gasteiger partial charge in [-0.3, -0.25) is 4.74 Å². The minimum absolute atomic E-state index is 0.625. The quantitative estimate of drug-likeness (QED) is 0.283. The van der Waals surface area contributed by atoms with Gasteiger partial charge in [-0.2, -0.15) is 70.2 Å². The first-order chi connectivity index (χ1) is 16.3. The maximum absolute atomic E-state index is 14.1. The van der Waals surface area contributed by atoms with E-state index in [1.165, 1.54) is 0 Å².